The summed E-state index contributed by atoms with van der Waals surface area (Å²) in [5, 5.41) is 3.62. The summed E-state index contributed by atoms with van der Waals surface area (Å²) in [5.74, 6) is 1.61. The number of hydrogen-bond acceptors (Lipinski definition) is 3. The van der Waals surface area contributed by atoms with E-state index in [2.05, 4.69) is 24.0 Å². The number of benzene rings is 1. The van der Waals surface area contributed by atoms with Gasteiger partial charge in [-0.2, -0.15) is 0 Å². The van der Waals surface area contributed by atoms with Crippen molar-refractivity contribution in [1.29, 1.82) is 0 Å². The Morgan fingerprint density at radius 3 is 2.75 bits per heavy atom. The average Bonchev–Trinajstić information content (AvgIpc) is 2.98. The Hall–Kier alpha value is -1.48. The van der Waals surface area contributed by atoms with E-state index >= 15 is 0 Å². The van der Waals surface area contributed by atoms with E-state index < -0.39 is 0 Å². The van der Waals surface area contributed by atoms with Crippen LogP contribution in [0.4, 0.5) is 0 Å². The fraction of sp³-hybridized carbons (Fsp3) is 0.529. The third-order valence-electron chi connectivity index (χ3n) is 3.61. The fourth-order valence-corrected chi connectivity index (χ4v) is 2.59. The molecule has 1 aromatic carbocycles. The predicted octanol–water partition coefficient (Wildman–Crippen LogP) is 3.68. The second-order valence-electron chi connectivity index (χ2n) is 5.18. The molecule has 20 heavy (non-hydrogen) atoms. The minimum Gasteiger partial charge on any atom is -0.490 e. The SMILES string of the molecule is C=CCOc1ccc(CNC2CCCC2)cc1OCC. The van der Waals surface area contributed by atoms with Gasteiger partial charge in [-0.05, 0) is 37.5 Å². The lowest BCUT2D eigenvalue weighted by atomic mass is 10.1. The van der Waals surface area contributed by atoms with Gasteiger partial charge >= 0.3 is 0 Å². The summed E-state index contributed by atoms with van der Waals surface area (Å²) in [7, 11) is 0. The normalized spacial score (nSPS) is 15.2. The van der Waals surface area contributed by atoms with Crippen molar-refractivity contribution in [2.75, 3.05) is 13.2 Å². The molecule has 3 nitrogen and oxygen atoms in total. The largest absolute Gasteiger partial charge is 0.490 e. The van der Waals surface area contributed by atoms with Crippen molar-refractivity contribution in [3.8, 4) is 11.5 Å². The van der Waals surface area contributed by atoms with E-state index in [-0.39, 0.29) is 0 Å². The number of rotatable bonds is 8. The van der Waals surface area contributed by atoms with Crippen LogP contribution in [0.25, 0.3) is 0 Å². The van der Waals surface area contributed by atoms with Crippen molar-refractivity contribution in [2.24, 2.45) is 0 Å². The van der Waals surface area contributed by atoms with Crippen molar-refractivity contribution < 1.29 is 9.47 Å². The van der Waals surface area contributed by atoms with Crippen molar-refractivity contribution in [3.63, 3.8) is 0 Å². The molecule has 0 atom stereocenters. The van der Waals surface area contributed by atoms with Crippen LogP contribution in [0, 0.1) is 0 Å². The van der Waals surface area contributed by atoms with Crippen LogP contribution < -0.4 is 14.8 Å². The van der Waals surface area contributed by atoms with Gasteiger partial charge in [-0.15, -0.1) is 0 Å². The molecule has 0 heterocycles. The van der Waals surface area contributed by atoms with Gasteiger partial charge in [-0.25, -0.2) is 0 Å². The van der Waals surface area contributed by atoms with Crippen molar-refractivity contribution in [2.45, 2.75) is 45.2 Å². The standard InChI is InChI=1S/C17H25NO2/c1-3-11-20-16-10-9-14(12-17(16)19-4-2)13-18-15-7-5-6-8-15/h3,9-10,12,15,18H,1,4-8,11,13H2,2H3. The van der Waals surface area contributed by atoms with Crippen LogP contribution in [0.2, 0.25) is 0 Å². The zero-order chi connectivity index (χ0) is 14.2. The van der Waals surface area contributed by atoms with E-state index in [1.807, 2.05) is 13.0 Å². The first-order chi connectivity index (χ1) is 9.83. The van der Waals surface area contributed by atoms with Gasteiger partial charge in [0.2, 0.25) is 0 Å². The maximum atomic E-state index is 5.66. The van der Waals surface area contributed by atoms with Crippen LogP contribution >= 0.6 is 0 Å². The Labute approximate surface area is 122 Å². The average molecular weight is 275 g/mol. The fourth-order valence-electron chi connectivity index (χ4n) is 2.59. The summed E-state index contributed by atoms with van der Waals surface area (Å²) in [4.78, 5) is 0. The molecule has 2 rings (SSSR count). The van der Waals surface area contributed by atoms with E-state index in [4.69, 9.17) is 9.47 Å². The van der Waals surface area contributed by atoms with Gasteiger partial charge in [0.1, 0.15) is 6.61 Å². The van der Waals surface area contributed by atoms with Gasteiger partial charge < -0.3 is 14.8 Å². The Kier molecular flexibility index (Phi) is 5.93. The van der Waals surface area contributed by atoms with Gasteiger partial charge in [-0.1, -0.05) is 31.6 Å². The zero-order valence-electron chi connectivity index (χ0n) is 12.4. The van der Waals surface area contributed by atoms with E-state index in [9.17, 15) is 0 Å². The first kappa shape index (κ1) is 14.9. The second-order valence-corrected chi connectivity index (χ2v) is 5.18. The molecule has 1 aromatic rings. The van der Waals surface area contributed by atoms with Gasteiger partial charge in [-0.3, -0.25) is 0 Å². The summed E-state index contributed by atoms with van der Waals surface area (Å²) in [5.41, 5.74) is 1.24. The quantitative estimate of drug-likeness (QED) is 0.734. The minimum absolute atomic E-state index is 0.500. The number of ether oxygens (including phenoxy) is 2. The second kappa shape index (κ2) is 7.95. The lowest BCUT2D eigenvalue weighted by Crippen LogP contribution is -2.25. The lowest BCUT2D eigenvalue weighted by molar-refractivity contribution is 0.296. The van der Waals surface area contributed by atoms with Crippen molar-refractivity contribution in [1.82, 2.24) is 5.32 Å². The highest BCUT2D eigenvalue weighted by molar-refractivity contribution is 5.43. The lowest BCUT2D eigenvalue weighted by Gasteiger charge is -2.15. The predicted molar refractivity (Wildman–Crippen MR) is 82.4 cm³/mol. The zero-order valence-corrected chi connectivity index (χ0v) is 12.4. The monoisotopic (exact) mass is 275 g/mol. The van der Waals surface area contributed by atoms with Gasteiger partial charge in [0.05, 0.1) is 6.61 Å². The summed E-state index contributed by atoms with van der Waals surface area (Å²) >= 11 is 0. The maximum Gasteiger partial charge on any atom is 0.161 e. The molecular weight excluding hydrogens is 250 g/mol. The van der Waals surface area contributed by atoms with Crippen molar-refractivity contribution >= 4 is 0 Å². The van der Waals surface area contributed by atoms with Crippen LogP contribution in [-0.4, -0.2) is 19.3 Å². The third kappa shape index (κ3) is 4.27. The van der Waals surface area contributed by atoms with Gasteiger partial charge in [0.25, 0.3) is 0 Å². The smallest absolute Gasteiger partial charge is 0.161 e. The Morgan fingerprint density at radius 2 is 2.05 bits per heavy atom. The van der Waals surface area contributed by atoms with Crippen LogP contribution in [-0.2, 0) is 6.54 Å². The van der Waals surface area contributed by atoms with E-state index in [1.54, 1.807) is 6.08 Å². The molecule has 0 aliphatic heterocycles. The molecule has 0 radical (unpaired) electrons. The molecule has 0 saturated heterocycles. The van der Waals surface area contributed by atoms with Crippen LogP contribution in [0.15, 0.2) is 30.9 Å². The molecule has 110 valence electrons. The van der Waals surface area contributed by atoms with E-state index in [0.717, 1.165) is 18.0 Å². The third-order valence-corrected chi connectivity index (χ3v) is 3.61. The molecule has 0 amide bonds. The molecule has 0 unspecified atom stereocenters. The van der Waals surface area contributed by atoms with Crippen LogP contribution in [0.1, 0.15) is 38.2 Å². The molecule has 0 bridgehead atoms. The molecule has 0 aromatic heterocycles. The molecule has 1 aliphatic rings. The summed E-state index contributed by atoms with van der Waals surface area (Å²) in [6.07, 6.45) is 7.06. The highest BCUT2D eigenvalue weighted by atomic mass is 16.5. The molecule has 0 spiro atoms. The Morgan fingerprint density at radius 1 is 1.25 bits per heavy atom. The maximum absolute atomic E-state index is 5.66. The Bertz CT molecular complexity index is 425. The highest BCUT2D eigenvalue weighted by Crippen LogP contribution is 2.29. The number of nitrogens with one attached hydrogen (secondary N) is 1. The van der Waals surface area contributed by atoms with Crippen molar-refractivity contribution in [3.05, 3.63) is 36.4 Å². The molecule has 1 fully saturated rings. The summed E-state index contributed by atoms with van der Waals surface area (Å²) in [6, 6.07) is 6.84. The molecular formula is C17H25NO2. The first-order valence-electron chi connectivity index (χ1n) is 7.56. The van der Waals surface area contributed by atoms with E-state index in [1.165, 1.54) is 31.2 Å². The Balaban J connectivity index is 1.97. The highest BCUT2D eigenvalue weighted by Gasteiger charge is 2.14. The summed E-state index contributed by atoms with van der Waals surface area (Å²) in [6.45, 7) is 7.69. The first-order valence-corrected chi connectivity index (χ1v) is 7.56. The van der Waals surface area contributed by atoms with Crippen LogP contribution in [0.3, 0.4) is 0 Å². The molecule has 1 aliphatic carbocycles. The van der Waals surface area contributed by atoms with Gasteiger partial charge in [0.15, 0.2) is 11.5 Å². The topological polar surface area (TPSA) is 30.5 Å². The van der Waals surface area contributed by atoms with E-state index in [0.29, 0.717) is 19.3 Å². The molecule has 3 heteroatoms. The molecule has 1 N–H and O–H groups in total. The minimum atomic E-state index is 0.500. The molecule has 1 saturated carbocycles. The number of hydrogen-bond donors (Lipinski definition) is 1. The van der Waals surface area contributed by atoms with Crippen LogP contribution in [0.5, 0.6) is 11.5 Å². The van der Waals surface area contributed by atoms with Gasteiger partial charge in [0, 0.05) is 12.6 Å². The summed E-state index contributed by atoms with van der Waals surface area (Å²) < 4.78 is 11.3.